The van der Waals surface area contributed by atoms with Gasteiger partial charge in [0.15, 0.2) is 0 Å². The normalized spacial score (nSPS) is 12.2. The second-order valence-electron chi connectivity index (χ2n) is 8.36. The third kappa shape index (κ3) is 7.41. The molecule has 1 unspecified atom stereocenters. The van der Waals surface area contributed by atoms with Crippen molar-refractivity contribution in [1.29, 1.82) is 0 Å². The van der Waals surface area contributed by atoms with Crippen LogP contribution in [0.2, 0.25) is 0 Å². The first kappa shape index (κ1) is 29.1. The van der Waals surface area contributed by atoms with Gasteiger partial charge in [0.05, 0.1) is 12.8 Å². The average Bonchev–Trinajstić information content (AvgIpc) is 2.86. The number of carbonyl (C=O) groups excluding carboxylic acids is 2. The highest BCUT2D eigenvalue weighted by Crippen LogP contribution is 2.22. The lowest BCUT2D eigenvalue weighted by atomic mass is 10.1. The molecule has 0 bridgehead atoms. The Bertz CT molecular complexity index is 1110. The molecule has 11 heteroatoms. The zero-order valence-corrected chi connectivity index (χ0v) is 22.2. The third-order valence-corrected chi connectivity index (χ3v) is 7.40. The monoisotopic (exact) mass is 522 g/mol. The van der Waals surface area contributed by atoms with Crippen molar-refractivity contribution in [2.45, 2.75) is 39.3 Å². The lowest BCUT2D eigenvalue weighted by Crippen LogP contribution is -2.53. The van der Waals surface area contributed by atoms with Gasteiger partial charge in [-0.05, 0) is 54.8 Å². The molecule has 0 aliphatic rings. The first-order valence-electron chi connectivity index (χ1n) is 11.7. The van der Waals surface area contributed by atoms with Gasteiger partial charge < -0.3 is 15.0 Å². The fraction of sp³-hybridized carbons (Fsp3) is 0.440. The summed E-state index contributed by atoms with van der Waals surface area (Å²) < 4.78 is 46.8. The van der Waals surface area contributed by atoms with E-state index < -0.39 is 34.5 Å². The van der Waals surface area contributed by atoms with Crippen LogP contribution in [0, 0.1) is 5.82 Å². The van der Waals surface area contributed by atoms with Gasteiger partial charge in [-0.1, -0.05) is 26.0 Å². The largest absolute Gasteiger partial charge is 0.497 e. The van der Waals surface area contributed by atoms with Gasteiger partial charge in [-0.15, -0.1) is 0 Å². The van der Waals surface area contributed by atoms with Crippen LogP contribution in [0.15, 0.2) is 48.5 Å². The van der Waals surface area contributed by atoms with Gasteiger partial charge in [-0.25, -0.2) is 8.70 Å². The second-order valence-corrected chi connectivity index (χ2v) is 10.4. The standard InChI is InChI=1S/C25H35FN4O5S/c1-6-16-27-25(32)23(7-2)29(17-19-8-14-22(35-5)15-9-19)24(31)18-30(36(33,34)28(3)4)21-12-10-20(26)11-13-21/h8-15,23H,6-7,16-18H2,1-5H3,(H,27,32). The molecule has 2 aromatic carbocycles. The molecule has 0 radical (unpaired) electrons. The summed E-state index contributed by atoms with van der Waals surface area (Å²) in [4.78, 5) is 28.0. The topological polar surface area (TPSA) is 99.3 Å². The third-order valence-electron chi connectivity index (χ3n) is 5.58. The van der Waals surface area contributed by atoms with Crippen LogP contribution in [0.4, 0.5) is 10.1 Å². The predicted octanol–water partition coefficient (Wildman–Crippen LogP) is 2.78. The number of anilines is 1. The molecule has 9 nitrogen and oxygen atoms in total. The molecular weight excluding hydrogens is 487 g/mol. The van der Waals surface area contributed by atoms with Gasteiger partial charge >= 0.3 is 10.2 Å². The molecule has 0 fully saturated rings. The molecule has 0 aliphatic carbocycles. The summed E-state index contributed by atoms with van der Waals surface area (Å²) in [7, 11) is 0.136. The quantitative estimate of drug-likeness (QED) is 0.436. The molecule has 1 atom stereocenters. The van der Waals surface area contributed by atoms with Crippen LogP contribution in [0.1, 0.15) is 32.3 Å². The number of halogens is 1. The molecule has 2 rings (SSSR count). The van der Waals surface area contributed by atoms with Gasteiger partial charge in [0.2, 0.25) is 11.8 Å². The number of benzene rings is 2. The molecule has 198 valence electrons. The van der Waals surface area contributed by atoms with Crippen molar-refractivity contribution < 1.29 is 27.1 Å². The summed E-state index contributed by atoms with van der Waals surface area (Å²) in [6, 6.07) is 11.1. The Morgan fingerprint density at radius 2 is 1.64 bits per heavy atom. The summed E-state index contributed by atoms with van der Waals surface area (Å²) in [6.07, 6.45) is 1.06. The van der Waals surface area contributed by atoms with E-state index in [2.05, 4.69) is 5.32 Å². The molecule has 0 heterocycles. The Morgan fingerprint density at radius 1 is 1.03 bits per heavy atom. The summed E-state index contributed by atoms with van der Waals surface area (Å²) in [5.41, 5.74) is 0.876. The second kappa shape index (κ2) is 13.2. The minimum Gasteiger partial charge on any atom is -0.497 e. The van der Waals surface area contributed by atoms with Gasteiger partial charge in [-0.2, -0.15) is 12.7 Å². The number of methoxy groups -OCH3 is 1. The van der Waals surface area contributed by atoms with Crippen LogP contribution in [0.3, 0.4) is 0 Å². The maximum atomic E-state index is 13.7. The molecule has 2 aromatic rings. The smallest absolute Gasteiger partial charge is 0.304 e. The van der Waals surface area contributed by atoms with Crippen LogP contribution in [-0.4, -0.2) is 69.8 Å². The SMILES string of the molecule is CCCNC(=O)C(CC)N(Cc1ccc(OC)cc1)C(=O)CN(c1ccc(F)cc1)S(=O)(=O)N(C)C. The van der Waals surface area contributed by atoms with Crippen LogP contribution < -0.4 is 14.4 Å². The number of hydrogen-bond donors (Lipinski definition) is 1. The van der Waals surface area contributed by atoms with Crippen LogP contribution in [0.5, 0.6) is 5.75 Å². The van der Waals surface area contributed by atoms with Crippen LogP contribution in [-0.2, 0) is 26.3 Å². The highest BCUT2D eigenvalue weighted by atomic mass is 32.2. The summed E-state index contributed by atoms with van der Waals surface area (Å²) in [6.45, 7) is 3.68. The van der Waals surface area contributed by atoms with E-state index in [1.807, 2.05) is 6.92 Å². The zero-order chi connectivity index (χ0) is 26.9. The van der Waals surface area contributed by atoms with Crippen molar-refractivity contribution in [2.24, 2.45) is 0 Å². The highest BCUT2D eigenvalue weighted by Gasteiger charge is 2.33. The van der Waals surface area contributed by atoms with Crippen molar-refractivity contribution in [1.82, 2.24) is 14.5 Å². The van der Waals surface area contributed by atoms with Crippen LogP contribution in [0.25, 0.3) is 0 Å². The molecule has 2 amide bonds. The maximum absolute atomic E-state index is 13.7. The van der Waals surface area contributed by atoms with Gasteiger partial charge in [0.1, 0.15) is 24.2 Å². The number of amides is 2. The average molecular weight is 523 g/mol. The van der Waals surface area contributed by atoms with E-state index >= 15 is 0 Å². The Balaban J connectivity index is 2.47. The van der Waals surface area contributed by atoms with Crippen molar-refractivity contribution in [3.8, 4) is 5.75 Å². The van der Waals surface area contributed by atoms with E-state index in [0.717, 1.165) is 32.7 Å². The molecule has 0 aliphatic heterocycles. The first-order valence-corrected chi connectivity index (χ1v) is 13.1. The van der Waals surface area contributed by atoms with E-state index in [0.29, 0.717) is 18.7 Å². The van der Waals surface area contributed by atoms with Gasteiger partial charge in [0, 0.05) is 27.2 Å². The fourth-order valence-electron chi connectivity index (χ4n) is 3.54. The van der Waals surface area contributed by atoms with Gasteiger partial charge in [0.25, 0.3) is 0 Å². The number of rotatable bonds is 13. The lowest BCUT2D eigenvalue weighted by Gasteiger charge is -2.34. The number of nitrogens with one attached hydrogen (secondary N) is 1. The Labute approximate surface area is 213 Å². The minimum absolute atomic E-state index is 0.0835. The Morgan fingerprint density at radius 3 is 2.14 bits per heavy atom. The number of nitrogens with zero attached hydrogens (tertiary/aromatic N) is 3. The predicted molar refractivity (Wildman–Crippen MR) is 137 cm³/mol. The molecule has 0 spiro atoms. The fourth-order valence-corrected chi connectivity index (χ4v) is 4.59. The van der Waals surface area contributed by atoms with E-state index in [9.17, 15) is 22.4 Å². The van der Waals surface area contributed by atoms with Crippen molar-refractivity contribution in [3.63, 3.8) is 0 Å². The number of carbonyl (C=O) groups is 2. The Kier molecular flexibility index (Phi) is 10.7. The van der Waals surface area contributed by atoms with Crippen molar-refractivity contribution in [2.75, 3.05) is 38.6 Å². The molecule has 0 aromatic heterocycles. The first-order chi connectivity index (χ1) is 17.0. The van der Waals surface area contributed by atoms with E-state index in [4.69, 9.17) is 4.74 Å². The molecule has 0 saturated heterocycles. The van der Waals surface area contributed by atoms with Crippen LogP contribution >= 0.6 is 0 Å². The summed E-state index contributed by atoms with van der Waals surface area (Å²) in [5, 5.41) is 2.83. The molecule has 36 heavy (non-hydrogen) atoms. The van der Waals surface area contributed by atoms with Crippen molar-refractivity contribution in [3.05, 3.63) is 59.9 Å². The van der Waals surface area contributed by atoms with Crippen molar-refractivity contribution >= 4 is 27.7 Å². The molecule has 0 saturated carbocycles. The summed E-state index contributed by atoms with van der Waals surface area (Å²) in [5.74, 6) is -0.778. The highest BCUT2D eigenvalue weighted by molar-refractivity contribution is 7.90. The lowest BCUT2D eigenvalue weighted by molar-refractivity contribution is -0.140. The molecule has 1 N–H and O–H groups in total. The Hall–Kier alpha value is -3.18. The zero-order valence-electron chi connectivity index (χ0n) is 21.4. The minimum atomic E-state index is -4.10. The maximum Gasteiger partial charge on any atom is 0.304 e. The summed E-state index contributed by atoms with van der Waals surface area (Å²) >= 11 is 0. The number of hydrogen-bond acceptors (Lipinski definition) is 5. The van der Waals surface area contributed by atoms with E-state index in [1.54, 1.807) is 38.3 Å². The van der Waals surface area contributed by atoms with E-state index in [1.165, 1.54) is 31.1 Å². The molecular formula is C25H35FN4O5S. The van der Waals surface area contributed by atoms with Gasteiger partial charge in [-0.3, -0.25) is 9.59 Å². The number of ether oxygens (including phenoxy) is 1. The van der Waals surface area contributed by atoms with E-state index in [-0.39, 0.29) is 18.1 Å².